The maximum absolute atomic E-state index is 12.9. The van der Waals surface area contributed by atoms with Gasteiger partial charge in [-0.3, -0.25) is 9.59 Å². The van der Waals surface area contributed by atoms with Crippen molar-refractivity contribution in [3.8, 4) is 0 Å². The molecule has 4 N–H and O–H groups in total. The lowest BCUT2D eigenvalue weighted by Gasteiger charge is -2.21. The average Bonchev–Trinajstić information content (AvgIpc) is 2.73. The Bertz CT molecular complexity index is 932. The summed E-state index contributed by atoms with van der Waals surface area (Å²) in [6.45, 7) is 4.83. The lowest BCUT2D eigenvalue weighted by molar-refractivity contribution is -0.121. The highest BCUT2D eigenvalue weighted by molar-refractivity contribution is 5.76. The highest BCUT2D eigenvalue weighted by Gasteiger charge is 2.14. The highest BCUT2D eigenvalue weighted by atomic mass is 16.2. The van der Waals surface area contributed by atoms with Gasteiger partial charge in [0.1, 0.15) is 18.1 Å². The number of nitrogens with two attached hydrogens (primary N) is 1. The number of nitrogen functional groups attached to an aromatic ring is 1. The van der Waals surface area contributed by atoms with Gasteiger partial charge in [0.25, 0.3) is 5.56 Å². The predicted molar refractivity (Wildman–Crippen MR) is 120 cm³/mol. The molecular formula is C23H33N5O2. The summed E-state index contributed by atoms with van der Waals surface area (Å²) in [5.41, 5.74) is 8.52. The van der Waals surface area contributed by atoms with Crippen LogP contribution in [-0.4, -0.2) is 22.0 Å². The first-order valence-electron chi connectivity index (χ1n) is 10.9. The van der Waals surface area contributed by atoms with E-state index in [-0.39, 0.29) is 18.0 Å². The average molecular weight is 412 g/mol. The Morgan fingerprint density at radius 2 is 1.93 bits per heavy atom. The number of hydrogen-bond acceptors (Lipinski definition) is 5. The van der Waals surface area contributed by atoms with Crippen LogP contribution in [0.2, 0.25) is 0 Å². The molecule has 2 aromatic rings. The molecule has 2 aromatic heterocycles. The van der Waals surface area contributed by atoms with Crippen molar-refractivity contribution in [3.63, 3.8) is 0 Å². The Kier molecular flexibility index (Phi) is 7.49. The summed E-state index contributed by atoms with van der Waals surface area (Å²) in [7, 11) is 0. The summed E-state index contributed by atoms with van der Waals surface area (Å²) >= 11 is 0. The summed E-state index contributed by atoms with van der Waals surface area (Å²) in [6.07, 6.45) is 7.67. The van der Waals surface area contributed by atoms with Gasteiger partial charge < -0.3 is 20.9 Å². The van der Waals surface area contributed by atoms with Crippen molar-refractivity contribution in [2.24, 2.45) is 5.92 Å². The summed E-state index contributed by atoms with van der Waals surface area (Å²) in [5, 5.41) is 6.15. The van der Waals surface area contributed by atoms with Crippen LogP contribution in [0.15, 0.2) is 29.1 Å². The van der Waals surface area contributed by atoms with Gasteiger partial charge in [-0.2, -0.15) is 0 Å². The molecule has 1 amide bonds. The quantitative estimate of drug-likeness (QED) is 0.619. The first-order valence-corrected chi connectivity index (χ1v) is 10.9. The fraction of sp³-hybridized carbons (Fsp3) is 0.522. The van der Waals surface area contributed by atoms with Crippen LogP contribution in [0.5, 0.6) is 0 Å². The molecule has 0 radical (unpaired) electrons. The third-order valence-corrected chi connectivity index (χ3v) is 5.98. The molecule has 0 atom stereocenters. The second-order valence-electron chi connectivity index (χ2n) is 8.26. The number of nitrogens with one attached hydrogen (secondary N) is 2. The predicted octanol–water partition coefficient (Wildman–Crippen LogP) is 3.14. The molecule has 0 unspecified atom stereocenters. The highest BCUT2D eigenvalue weighted by Crippen LogP contribution is 2.26. The van der Waals surface area contributed by atoms with Crippen LogP contribution in [0.25, 0.3) is 0 Å². The summed E-state index contributed by atoms with van der Waals surface area (Å²) < 4.78 is 1.52. The molecule has 2 heterocycles. The summed E-state index contributed by atoms with van der Waals surface area (Å²) in [4.78, 5) is 29.5. The zero-order chi connectivity index (χ0) is 21.5. The maximum atomic E-state index is 12.9. The number of pyridine rings is 2. The van der Waals surface area contributed by atoms with Crippen LogP contribution in [0, 0.1) is 19.8 Å². The Labute approximate surface area is 178 Å². The molecule has 30 heavy (non-hydrogen) atoms. The van der Waals surface area contributed by atoms with E-state index in [0.29, 0.717) is 18.1 Å². The monoisotopic (exact) mass is 411 g/mol. The molecule has 1 fully saturated rings. The van der Waals surface area contributed by atoms with Gasteiger partial charge in [-0.05, 0) is 49.9 Å². The minimum absolute atomic E-state index is 0.00966. The molecule has 162 valence electrons. The van der Waals surface area contributed by atoms with E-state index in [9.17, 15) is 9.59 Å². The van der Waals surface area contributed by atoms with Crippen LogP contribution in [0.1, 0.15) is 55.5 Å². The maximum Gasteiger partial charge on any atom is 0.274 e. The number of carbonyl (C=O) groups is 1. The number of nitrogens with zero attached hydrogens (tertiary/aromatic N) is 2. The Balaban J connectivity index is 1.57. The molecule has 0 saturated heterocycles. The van der Waals surface area contributed by atoms with Gasteiger partial charge in [0.2, 0.25) is 5.91 Å². The molecule has 7 nitrogen and oxygen atoms in total. The molecule has 0 aromatic carbocycles. The zero-order valence-electron chi connectivity index (χ0n) is 18.0. The van der Waals surface area contributed by atoms with Crippen molar-refractivity contribution < 1.29 is 4.79 Å². The molecule has 1 aliphatic carbocycles. The second kappa shape index (κ2) is 10.3. The topological polar surface area (TPSA) is 102 Å². The molecule has 1 saturated carbocycles. The summed E-state index contributed by atoms with van der Waals surface area (Å²) in [6, 6.07) is 7.26. The normalized spacial score (nSPS) is 14.5. The Hall–Kier alpha value is -2.83. The van der Waals surface area contributed by atoms with E-state index in [1.807, 2.05) is 32.0 Å². The van der Waals surface area contributed by atoms with Crippen molar-refractivity contribution in [2.75, 3.05) is 17.6 Å². The zero-order valence-corrected chi connectivity index (χ0v) is 18.0. The number of carbonyl (C=O) groups excluding carboxylic acids is 1. The fourth-order valence-electron chi connectivity index (χ4n) is 4.08. The molecule has 0 bridgehead atoms. The van der Waals surface area contributed by atoms with E-state index in [4.69, 9.17) is 5.73 Å². The Morgan fingerprint density at radius 3 is 2.67 bits per heavy atom. The van der Waals surface area contributed by atoms with E-state index in [0.717, 1.165) is 35.8 Å². The molecular weight excluding hydrogens is 378 g/mol. The van der Waals surface area contributed by atoms with Gasteiger partial charge in [-0.15, -0.1) is 0 Å². The Morgan fingerprint density at radius 1 is 1.17 bits per heavy atom. The van der Waals surface area contributed by atoms with Crippen LogP contribution < -0.4 is 21.9 Å². The molecule has 1 aliphatic rings. The number of hydrogen-bond donors (Lipinski definition) is 3. The third-order valence-electron chi connectivity index (χ3n) is 5.98. The minimum Gasteiger partial charge on any atom is -0.384 e. The molecule has 0 spiro atoms. The van der Waals surface area contributed by atoms with Gasteiger partial charge in [0.05, 0.1) is 0 Å². The van der Waals surface area contributed by atoms with Crippen LogP contribution in [-0.2, 0) is 17.9 Å². The number of aryl methyl sites for hydroxylation is 2. The lowest BCUT2D eigenvalue weighted by atomic mass is 9.87. The van der Waals surface area contributed by atoms with Crippen molar-refractivity contribution in [1.82, 2.24) is 14.9 Å². The third kappa shape index (κ3) is 5.84. The van der Waals surface area contributed by atoms with E-state index in [1.165, 1.54) is 36.7 Å². The van der Waals surface area contributed by atoms with E-state index in [2.05, 4.69) is 15.6 Å². The van der Waals surface area contributed by atoms with Gasteiger partial charge >= 0.3 is 0 Å². The molecule has 7 heteroatoms. The van der Waals surface area contributed by atoms with Gasteiger partial charge in [-0.25, -0.2) is 4.98 Å². The fourth-order valence-corrected chi connectivity index (χ4v) is 4.08. The smallest absolute Gasteiger partial charge is 0.274 e. The van der Waals surface area contributed by atoms with Crippen LogP contribution in [0.4, 0.5) is 11.5 Å². The van der Waals surface area contributed by atoms with E-state index >= 15 is 0 Å². The molecule has 0 aliphatic heterocycles. The first kappa shape index (κ1) is 21.9. The number of amides is 1. The van der Waals surface area contributed by atoms with Gasteiger partial charge in [-0.1, -0.05) is 38.2 Å². The van der Waals surface area contributed by atoms with Crippen molar-refractivity contribution >= 4 is 17.4 Å². The van der Waals surface area contributed by atoms with Gasteiger partial charge in [0, 0.05) is 24.5 Å². The van der Waals surface area contributed by atoms with Gasteiger partial charge in [0.15, 0.2) is 0 Å². The largest absolute Gasteiger partial charge is 0.384 e. The first-order chi connectivity index (χ1) is 14.4. The lowest BCUT2D eigenvalue weighted by Crippen LogP contribution is -2.34. The van der Waals surface area contributed by atoms with Crippen molar-refractivity contribution in [2.45, 2.75) is 65.5 Å². The SMILES string of the molecule is Cc1nc(N)ccc1CNC(=O)Cn1c(C)ccc(NCCC2CCCCC2)c1=O. The summed E-state index contributed by atoms with van der Waals surface area (Å²) in [5.74, 6) is 1.00. The second-order valence-corrected chi connectivity index (χ2v) is 8.26. The molecule has 3 rings (SSSR count). The van der Waals surface area contributed by atoms with Crippen LogP contribution >= 0.6 is 0 Å². The van der Waals surface area contributed by atoms with Crippen molar-refractivity contribution in [3.05, 3.63) is 51.6 Å². The van der Waals surface area contributed by atoms with E-state index in [1.54, 1.807) is 6.07 Å². The number of anilines is 2. The standard InChI is InChI=1S/C23H33N5O2/c1-16-8-10-20(25-13-12-18-6-4-3-5-7-18)23(30)28(16)15-22(29)26-14-19-9-11-21(24)27-17(19)2/h8-11,18,25H,3-7,12-15H2,1-2H3,(H2,24,27)(H,26,29). The number of aromatic nitrogens is 2. The van der Waals surface area contributed by atoms with Crippen molar-refractivity contribution in [1.29, 1.82) is 0 Å². The van der Waals surface area contributed by atoms with E-state index < -0.39 is 0 Å². The van der Waals surface area contributed by atoms with Crippen LogP contribution in [0.3, 0.4) is 0 Å². The minimum atomic E-state index is -0.212. The number of rotatable bonds is 8.